The molecular weight excluding hydrogens is 368 g/mol. The second-order valence-corrected chi connectivity index (χ2v) is 12.0. The summed E-state index contributed by atoms with van der Waals surface area (Å²) >= 11 is 0. The Morgan fingerprint density at radius 2 is 1.80 bits per heavy atom. The first kappa shape index (κ1) is 22.2. The molecule has 7 atom stereocenters. The fourth-order valence-corrected chi connectivity index (χ4v) is 8.23. The maximum atomic E-state index is 13.5. The van der Waals surface area contributed by atoms with Crippen molar-refractivity contribution in [2.75, 3.05) is 7.11 Å². The predicted molar refractivity (Wildman–Crippen MR) is 124 cm³/mol. The van der Waals surface area contributed by atoms with Gasteiger partial charge in [0, 0.05) is 12.3 Å². The lowest BCUT2D eigenvalue weighted by Gasteiger charge is -2.56. The van der Waals surface area contributed by atoms with Crippen LogP contribution in [0.1, 0.15) is 92.4 Å². The largest absolute Gasteiger partial charge is 0.501 e. The molecule has 7 unspecified atom stereocenters. The molecule has 0 N–H and O–H groups in total. The van der Waals surface area contributed by atoms with E-state index >= 15 is 0 Å². The quantitative estimate of drug-likeness (QED) is 0.456. The number of ether oxygens (including phenoxy) is 1. The van der Waals surface area contributed by atoms with Crippen molar-refractivity contribution in [1.29, 1.82) is 0 Å². The van der Waals surface area contributed by atoms with Gasteiger partial charge in [0.15, 0.2) is 5.78 Å². The normalized spacial score (nSPS) is 41.5. The van der Waals surface area contributed by atoms with E-state index in [1.165, 1.54) is 50.5 Å². The Labute approximate surface area is 184 Å². The van der Waals surface area contributed by atoms with Gasteiger partial charge in [-0.1, -0.05) is 53.9 Å². The molecule has 4 aliphatic rings. The number of carbonyl (C=O) groups is 1. The van der Waals surface area contributed by atoms with Gasteiger partial charge in [-0.25, -0.2) is 0 Å². The minimum Gasteiger partial charge on any atom is -0.501 e. The topological polar surface area (TPSA) is 26.3 Å². The number of hydrogen-bond acceptors (Lipinski definition) is 2. The van der Waals surface area contributed by atoms with Gasteiger partial charge >= 0.3 is 0 Å². The summed E-state index contributed by atoms with van der Waals surface area (Å²) in [5, 5.41) is 0. The molecule has 0 aliphatic heterocycles. The number of fused-ring (bicyclic) bond motifs is 5. The highest BCUT2D eigenvalue weighted by atomic mass is 16.5. The number of methoxy groups -OCH3 is 1. The fraction of sp³-hybridized carbons (Fsp3) is 0.821. The van der Waals surface area contributed by atoms with Gasteiger partial charge in [0.05, 0.1) is 12.9 Å². The van der Waals surface area contributed by atoms with Crippen LogP contribution in [0.25, 0.3) is 0 Å². The van der Waals surface area contributed by atoms with E-state index in [9.17, 15) is 4.79 Å². The molecule has 168 valence electrons. The van der Waals surface area contributed by atoms with Gasteiger partial charge in [0.2, 0.25) is 0 Å². The molecule has 0 aromatic heterocycles. The summed E-state index contributed by atoms with van der Waals surface area (Å²) < 4.78 is 5.54. The molecule has 4 rings (SSSR count). The molecule has 0 saturated heterocycles. The smallest absolute Gasteiger partial charge is 0.159 e. The van der Waals surface area contributed by atoms with Gasteiger partial charge in [0.25, 0.3) is 0 Å². The van der Waals surface area contributed by atoms with E-state index in [1.54, 1.807) is 7.11 Å². The molecule has 0 spiro atoms. The Kier molecular flexibility index (Phi) is 6.01. The maximum absolute atomic E-state index is 13.5. The lowest BCUT2D eigenvalue weighted by molar-refractivity contribution is -0.133. The maximum Gasteiger partial charge on any atom is 0.159 e. The first-order valence-electron chi connectivity index (χ1n) is 12.7. The van der Waals surface area contributed by atoms with Crippen molar-refractivity contribution in [1.82, 2.24) is 0 Å². The number of ketones is 1. The van der Waals surface area contributed by atoms with E-state index in [0.717, 1.165) is 36.4 Å². The van der Waals surface area contributed by atoms with E-state index in [4.69, 9.17) is 4.74 Å². The third kappa shape index (κ3) is 3.51. The lowest BCUT2D eigenvalue weighted by atomic mass is 9.47. The molecule has 0 amide bonds. The molecule has 0 aromatic rings. The van der Waals surface area contributed by atoms with Crippen LogP contribution in [0, 0.1) is 46.3 Å². The van der Waals surface area contributed by atoms with Gasteiger partial charge < -0.3 is 4.74 Å². The Balaban J connectivity index is 1.56. The van der Waals surface area contributed by atoms with E-state index in [1.807, 2.05) is 6.08 Å². The summed E-state index contributed by atoms with van der Waals surface area (Å²) in [6.45, 7) is 12.2. The van der Waals surface area contributed by atoms with Gasteiger partial charge in [-0.15, -0.1) is 0 Å². The fourth-order valence-electron chi connectivity index (χ4n) is 8.23. The average Bonchev–Trinajstić information content (AvgIpc) is 3.05. The van der Waals surface area contributed by atoms with Crippen molar-refractivity contribution in [3.8, 4) is 0 Å². The zero-order valence-corrected chi connectivity index (χ0v) is 20.3. The molecule has 2 nitrogen and oxygen atoms in total. The standard InChI is InChI=1S/C28H44O2/c1-18(2)8-7-9-19(3)22-10-11-23-26-24(13-15-28(22,23)5)27(4)14-12-21(30-6)16-20(27)17-25(26)29/h16-19,22-24,26H,7-15H2,1-6H3. The van der Waals surface area contributed by atoms with Crippen LogP contribution in [0.3, 0.4) is 0 Å². The van der Waals surface area contributed by atoms with Crippen LogP contribution in [0.2, 0.25) is 0 Å². The van der Waals surface area contributed by atoms with Crippen molar-refractivity contribution >= 4 is 5.78 Å². The Morgan fingerprint density at radius 1 is 1.03 bits per heavy atom. The summed E-state index contributed by atoms with van der Waals surface area (Å²) in [7, 11) is 1.76. The van der Waals surface area contributed by atoms with Crippen LogP contribution in [0.15, 0.2) is 23.5 Å². The molecule has 4 aliphatic carbocycles. The SMILES string of the molecule is COC1=CC2=CC(=O)C3C(CCC4(C)C(C(C)CCCC(C)C)CCC34)C2(C)CC1. The summed E-state index contributed by atoms with van der Waals surface area (Å²) in [6, 6.07) is 0. The lowest BCUT2D eigenvalue weighted by Crippen LogP contribution is -2.52. The highest BCUT2D eigenvalue weighted by molar-refractivity contribution is 5.95. The van der Waals surface area contributed by atoms with E-state index in [2.05, 4.69) is 40.7 Å². The van der Waals surface area contributed by atoms with Crippen LogP contribution in [-0.4, -0.2) is 12.9 Å². The summed E-state index contributed by atoms with van der Waals surface area (Å²) in [4.78, 5) is 13.5. The zero-order chi connectivity index (χ0) is 21.7. The summed E-state index contributed by atoms with van der Waals surface area (Å²) in [6.07, 6.45) is 15.6. The zero-order valence-electron chi connectivity index (χ0n) is 20.3. The molecule has 0 bridgehead atoms. The molecule has 0 aromatic carbocycles. The Morgan fingerprint density at radius 3 is 2.50 bits per heavy atom. The number of rotatable bonds is 6. The van der Waals surface area contributed by atoms with Crippen molar-refractivity contribution < 1.29 is 9.53 Å². The Bertz CT molecular complexity index is 731. The second kappa shape index (κ2) is 8.14. The van der Waals surface area contributed by atoms with Crippen LogP contribution >= 0.6 is 0 Å². The van der Waals surface area contributed by atoms with Gasteiger partial charge in [0.1, 0.15) is 0 Å². The van der Waals surface area contributed by atoms with Crippen LogP contribution < -0.4 is 0 Å². The molecule has 0 heterocycles. The first-order valence-corrected chi connectivity index (χ1v) is 12.7. The van der Waals surface area contributed by atoms with E-state index in [0.29, 0.717) is 23.0 Å². The highest BCUT2D eigenvalue weighted by Gasteiger charge is 2.60. The first-order chi connectivity index (χ1) is 14.2. The van der Waals surface area contributed by atoms with Crippen LogP contribution in [0.4, 0.5) is 0 Å². The van der Waals surface area contributed by atoms with Gasteiger partial charge in [-0.3, -0.25) is 4.79 Å². The minimum atomic E-state index is 0.156. The molecule has 30 heavy (non-hydrogen) atoms. The third-order valence-corrected chi connectivity index (χ3v) is 10.0. The molecular formula is C28H44O2. The second-order valence-electron chi connectivity index (χ2n) is 12.0. The molecule has 2 heteroatoms. The summed E-state index contributed by atoms with van der Waals surface area (Å²) in [5.74, 6) is 5.22. The Hall–Kier alpha value is -1.05. The average molecular weight is 413 g/mol. The number of hydrogen-bond donors (Lipinski definition) is 0. The van der Waals surface area contributed by atoms with E-state index in [-0.39, 0.29) is 11.3 Å². The van der Waals surface area contributed by atoms with Crippen molar-refractivity contribution in [3.05, 3.63) is 23.5 Å². The monoisotopic (exact) mass is 412 g/mol. The van der Waals surface area contributed by atoms with Gasteiger partial charge in [-0.05, 0) is 90.2 Å². The van der Waals surface area contributed by atoms with Crippen LogP contribution in [-0.2, 0) is 9.53 Å². The van der Waals surface area contributed by atoms with Crippen molar-refractivity contribution in [3.63, 3.8) is 0 Å². The van der Waals surface area contributed by atoms with Crippen LogP contribution in [0.5, 0.6) is 0 Å². The van der Waals surface area contributed by atoms with Gasteiger partial charge in [-0.2, -0.15) is 0 Å². The third-order valence-electron chi connectivity index (χ3n) is 10.0. The summed E-state index contributed by atoms with van der Waals surface area (Å²) in [5.41, 5.74) is 1.76. The van der Waals surface area contributed by atoms with Crippen molar-refractivity contribution in [2.45, 2.75) is 92.4 Å². The molecule has 2 saturated carbocycles. The number of allylic oxidation sites excluding steroid dienone is 4. The highest BCUT2D eigenvalue weighted by Crippen LogP contribution is 2.66. The molecule has 2 fully saturated rings. The minimum absolute atomic E-state index is 0.156. The van der Waals surface area contributed by atoms with E-state index < -0.39 is 0 Å². The molecule has 0 radical (unpaired) electrons. The number of carbonyl (C=O) groups excluding carboxylic acids is 1. The van der Waals surface area contributed by atoms with Crippen molar-refractivity contribution in [2.24, 2.45) is 46.3 Å². The predicted octanol–water partition coefficient (Wildman–Crippen LogP) is 7.35.